The second-order valence-corrected chi connectivity index (χ2v) is 3.89. The largest absolute Gasteiger partial charge is 0.326 e. The fourth-order valence-corrected chi connectivity index (χ4v) is 1.91. The molecule has 0 aromatic heterocycles. The Bertz CT molecular complexity index is 511. The van der Waals surface area contributed by atoms with Crippen LogP contribution < -0.4 is 5.73 Å². The summed E-state index contributed by atoms with van der Waals surface area (Å²) in [6.07, 6.45) is 0. The number of hydrogen-bond donors (Lipinski definition) is 1. The van der Waals surface area contributed by atoms with Gasteiger partial charge in [-0.25, -0.2) is 4.39 Å². The first kappa shape index (κ1) is 11.1. The molecule has 2 aromatic rings. The van der Waals surface area contributed by atoms with Gasteiger partial charge in [-0.3, -0.25) is 0 Å². The van der Waals surface area contributed by atoms with Crippen LogP contribution in [0, 0.1) is 5.82 Å². The number of nitrogens with two attached hydrogens (primary N) is 1. The quantitative estimate of drug-likeness (QED) is 0.846. The molecule has 0 heterocycles. The zero-order valence-electron chi connectivity index (χ0n) is 8.58. The zero-order valence-corrected chi connectivity index (χ0v) is 9.34. The van der Waals surface area contributed by atoms with Gasteiger partial charge in [0.25, 0.3) is 0 Å². The van der Waals surface area contributed by atoms with Crippen molar-refractivity contribution in [1.82, 2.24) is 0 Å². The Morgan fingerprint density at radius 1 is 1.06 bits per heavy atom. The fraction of sp³-hybridized carbons (Fsp3) is 0.0769. The normalized spacial score (nSPS) is 10.4. The molecule has 0 bridgehead atoms. The molecule has 0 fully saturated rings. The maximum Gasteiger partial charge on any atom is 0.123 e. The van der Waals surface area contributed by atoms with Gasteiger partial charge in [0.15, 0.2) is 0 Å². The monoisotopic (exact) mass is 235 g/mol. The summed E-state index contributed by atoms with van der Waals surface area (Å²) >= 11 is 6.09. The van der Waals surface area contributed by atoms with E-state index in [0.717, 1.165) is 16.7 Å². The van der Waals surface area contributed by atoms with E-state index in [1.165, 1.54) is 12.1 Å². The summed E-state index contributed by atoms with van der Waals surface area (Å²) in [5, 5.41) is 0.642. The first-order chi connectivity index (χ1) is 7.72. The van der Waals surface area contributed by atoms with Crippen molar-refractivity contribution in [1.29, 1.82) is 0 Å². The molecule has 0 spiro atoms. The Balaban J connectivity index is 2.60. The minimum absolute atomic E-state index is 0.281. The summed E-state index contributed by atoms with van der Waals surface area (Å²) in [7, 11) is 0. The van der Waals surface area contributed by atoms with Crippen molar-refractivity contribution in [3.05, 3.63) is 58.9 Å². The standard InChI is InChI=1S/C13H11ClFN/c14-13-4-2-1-3-12(13)11-6-5-10(15)7-9(11)8-16/h1-7H,8,16H2. The molecule has 0 unspecified atom stereocenters. The van der Waals surface area contributed by atoms with Gasteiger partial charge < -0.3 is 5.73 Å². The van der Waals surface area contributed by atoms with E-state index in [4.69, 9.17) is 17.3 Å². The van der Waals surface area contributed by atoms with Crippen LogP contribution >= 0.6 is 11.6 Å². The Hall–Kier alpha value is -1.38. The fourth-order valence-electron chi connectivity index (χ4n) is 1.67. The van der Waals surface area contributed by atoms with Crippen LogP contribution in [0.3, 0.4) is 0 Å². The zero-order chi connectivity index (χ0) is 11.5. The van der Waals surface area contributed by atoms with Crippen molar-refractivity contribution >= 4 is 11.6 Å². The second kappa shape index (κ2) is 4.64. The number of rotatable bonds is 2. The average Bonchev–Trinajstić information content (AvgIpc) is 2.30. The molecule has 2 aromatic carbocycles. The molecule has 1 nitrogen and oxygen atoms in total. The molecule has 0 saturated carbocycles. The van der Waals surface area contributed by atoms with E-state index in [2.05, 4.69) is 0 Å². The SMILES string of the molecule is NCc1cc(F)ccc1-c1ccccc1Cl. The molecule has 3 heteroatoms. The highest BCUT2D eigenvalue weighted by Crippen LogP contribution is 2.30. The maximum absolute atomic E-state index is 13.1. The summed E-state index contributed by atoms with van der Waals surface area (Å²) in [4.78, 5) is 0. The lowest BCUT2D eigenvalue weighted by Gasteiger charge is -2.09. The van der Waals surface area contributed by atoms with Crippen molar-refractivity contribution in [2.24, 2.45) is 5.73 Å². The molecular formula is C13H11ClFN. The van der Waals surface area contributed by atoms with Gasteiger partial charge in [0, 0.05) is 17.1 Å². The van der Waals surface area contributed by atoms with Crippen LogP contribution in [0.15, 0.2) is 42.5 Å². The third-order valence-corrected chi connectivity index (χ3v) is 2.78. The van der Waals surface area contributed by atoms with Gasteiger partial charge in [-0.1, -0.05) is 35.9 Å². The van der Waals surface area contributed by atoms with E-state index in [9.17, 15) is 4.39 Å². The van der Waals surface area contributed by atoms with Gasteiger partial charge in [0.1, 0.15) is 5.82 Å². The van der Waals surface area contributed by atoms with Crippen molar-refractivity contribution in [3.8, 4) is 11.1 Å². The number of halogens is 2. The van der Waals surface area contributed by atoms with Gasteiger partial charge in [-0.05, 0) is 29.3 Å². The second-order valence-electron chi connectivity index (χ2n) is 3.49. The van der Waals surface area contributed by atoms with Crippen molar-refractivity contribution in [2.45, 2.75) is 6.54 Å². The van der Waals surface area contributed by atoms with Crippen LogP contribution in [0.1, 0.15) is 5.56 Å². The molecule has 0 saturated heterocycles. The predicted octanol–water partition coefficient (Wildman–Crippen LogP) is 3.60. The highest BCUT2D eigenvalue weighted by atomic mass is 35.5. The molecule has 0 radical (unpaired) electrons. The lowest BCUT2D eigenvalue weighted by molar-refractivity contribution is 0.625. The minimum atomic E-state index is -0.281. The van der Waals surface area contributed by atoms with E-state index >= 15 is 0 Å². The molecule has 2 rings (SSSR count). The average molecular weight is 236 g/mol. The third-order valence-electron chi connectivity index (χ3n) is 2.45. The topological polar surface area (TPSA) is 26.0 Å². The molecule has 0 aliphatic carbocycles. The molecule has 0 atom stereocenters. The Labute approximate surface area is 98.7 Å². The Kier molecular flexibility index (Phi) is 3.22. The molecule has 2 N–H and O–H groups in total. The third kappa shape index (κ3) is 2.08. The minimum Gasteiger partial charge on any atom is -0.326 e. The van der Waals surface area contributed by atoms with Gasteiger partial charge in [-0.15, -0.1) is 0 Å². The van der Waals surface area contributed by atoms with Gasteiger partial charge in [-0.2, -0.15) is 0 Å². The first-order valence-electron chi connectivity index (χ1n) is 4.96. The van der Waals surface area contributed by atoms with Crippen molar-refractivity contribution in [2.75, 3.05) is 0 Å². The van der Waals surface area contributed by atoms with E-state index < -0.39 is 0 Å². The molecule has 0 aliphatic heterocycles. The van der Waals surface area contributed by atoms with Crippen LogP contribution in [-0.4, -0.2) is 0 Å². The first-order valence-corrected chi connectivity index (χ1v) is 5.33. The highest BCUT2D eigenvalue weighted by Gasteiger charge is 2.08. The summed E-state index contributed by atoms with van der Waals surface area (Å²) in [6.45, 7) is 0.290. The van der Waals surface area contributed by atoms with Crippen LogP contribution in [0.5, 0.6) is 0 Å². The molecule has 82 valence electrons. The van der Waals surface area contributed by atoms with Crippen molar-refractivity contribution in [3.63, 3.8) is 0 Å². The van der Waals surface area contributed by atoms with Crippen molar-refractivity contribution < 1.29 is 4.39 Å². The van der Waals surface area contributed by atoms with E-state index in [-0.39, 0.29) is 12.4 Å². The van der Waals surface area contributed by atoms with Gasteiger partial charge >= 0.3 is 0 Å². The van der Waals surface area contributed by atoms with Crippen LogP contribution in [0.4, 0.5) is 4.39 Å². The number of benzene rings is 2. The Morgan fingerprint density at radius 3 is 2.50 bits per heavy atom. The summed E-state index contributed by atoms with van der Waals surface area (Å²) in [5.41, 5.74) is 8.12. The lowest BCUT2D eigenvalue weighted by atomic mass is 9.99. The summed E-state index contributed by atoms with van der Waals surface area (Å²) < 4.78 is 13.1. The van der Waals surface area contributed by atoms with Gasteiger partial charge in [0.05, 0.1) is 0 Å². The number of hydrogen-bond acceptors (Lipinski definition) is 1. The summed E-state index contributed by atoms with van der Waals surface area (Å²) in [6, 6.07) is 12.0. The van der Waals surface area contributed by atoms with Crippen LogP contribution in [0.25, 0.3) is 11.1 Å². The lowest BCUT2D eigenvalue weighted by Crippen LogP contribution is -2.00. The van der Waals surface area contributed by atoms with E-state index in [1.54, 1.807) is 12.1 Å². The van der Waals surface area contributed by atoms with Crippen LogP contribution in [-0.2, 0) is 6.54 Å². The van der Waals surface area contributed by atoms with E-state index in [0.29, 0.717) is 5.02 Å². The molecule has 0 amide bonds. The molecule has 16 heavy (non-hydrogen) atoms. The smallest absolute Gasteiger partial charge is 0.123 e. The molecule has 0 aliphatic rings. The van der Waals surface area contributed by atoms with Crippen LogP contribution in [0.2, 0.25) is 5.02 Å². The highest BCUT2D eigenvalue weighted by molar-refractivity contribution is 6.33. The Morgan fingerprint density at radius 2 is 1.81 bits per heavy atom. The van der Waals surface area contributed by atoms with E-state index in [1.807, 2.05) is 18.2 Å². The maximum atomic E-state index is 13.1. The molecular weight excluding hydrogens is 225 g/mol. The van der Waals surface area contributed by atoms with Gasteiger partial charge in [0.2, 0.25) is 0 Å². The summed E-state index contributed by atoms with van der Waals surface area (Å²) in [5.74, 6) is -0.281. The predicted molar refractivity (Wildman–Crippen MR) is 64.7 cm³/mol.